The molecule has 0 bridgehead atoms. The minimum absolute atomic E-state index is 0.00344. The van der Waals surface area contributed by atoms with Crippen molar-refractivity contribution in [3.63, 3.8) is 0 Å². The molecule has 22 heavy (non-hydrogen) atoms. The molecule has 0 fully saturated rings. The van der Waals surface area contributed by atoms with Crippen LogP contribution in [-0.4, -0.2) is 17.6 Å². The molecule has 2 aliphatic heterocycles. The smallest absolute Gasteiger partial charge is 0.242 e. The van der Waals surface area contributed by atoms with E-state index in [0.717, 1.165) is 26.7 Å². The molecule has 0 saturated heterocycles. The topological polar surface area (TPSA) is 58.2 Å². The van der Waals surface area contributed by atoms with Crippen molar-refractivity contribution in [2.24, 2.45) is 0 Å². The summed E-state index contributed by atoms with van der Waals surface area (Å²) in [7, 11) is 0. The molecule has 0 spiro atoms. The highest BCUT2D eigenvalue weighted by Crippen LogP contribution is 2.45. The molecular weight excluding hydrogens is 316 g/mol. The van der Waals surface area contributed by atoms with Crippen LogP contribution < -0.4 is 10.6 Å². The molecule has 6 heteroatoms. The molecule has 2 N–H and O–H groups in total. The molecule has 2 heterocycles. The maximum absolute atomic E-state index is 12.4. The Kier molecular flexibility index (Phi) is 3.35. The molecule has 0 aromatic heterocycles. The number of hydrogen-bond donors (Lipinski definition) is 2. The summed E-state index contributed by atoms with van der Waals surface area (Å²) < 4.78 is 0. The van der Waals surface area contributed by atoms with Crippen molar-refractivity contribution < 1.29 is 9.59 Å². The number of amides is 2. The van der Waals surface area contributed by atoms with Gasteiger partial charge in [0.2, 0.25) is 11.8 Å². The lowest BCUT2D eigenvalue weighted by molar-refractivity contribution is -0.116. The van der Waals surface area contributed by atoms with Crippen molar-refractivity contribution in [3.05, 3.63) is 48.0 Å². The summed E-state index contributed by atoms with van der Waals surface area (Å²) in [5.74, 6) is 0.387. The Balaban J connectivity index is 1.69. The van der Waals surface area contributed by atoms with E-state index in [4.69, 9.17) is 0 Å². The van der Waals surface area contributed by atoms with E-state index < -0.39 is 0 Å². The van der Waals surface area contributed by atoms with Crippen molar-refractivity contribution in [1.82, 2.24) is 0 Å². The zero-order chi connectivity index (χ0) is 15.1. The monoisotopic (exact) mass is 327 g/mol. The maximum atomic E-state index is 12.4. The van der Waals surface area contributed by atoms with Gasteiger partial charge in [0.15, 0.2) is 0 Å². The van der Waals surface area contributed by atoms with Gasteiger partial charge in [0.1, 0.15) is 5.25 Å². The third-order valence-electron chi connectivity index (χ3n) is 3.50. The Morgan fingerprint density at radius 2 is 2.00 bits per heavy atom. The van der Waals surface area contributed by atoms with E-state index in [9.17, 15) is 9.59 Å². The van der Waals surface area contributed by atoms with Crippen molar-refractivity contribution >= 4 is 46.7 Å². The van der Waals surface area contributed by atoms with Crippen LogP contribution in [0, 0.1) is 6.07 Å². The van der Waals surface area contributed by atoms with Crippen molar-refractivity contribution in [2.75, 3.05) is 16.4 Å². The van der Waals surface area contributed by atoms with Crippen LogP contribution in [0.4, 0.5) is 11.4 Å². The highest BCUT2D eigenvalue weighted by atomic mass is 32.2. The first kappa shape index (κ1) is 13.7. The predicted molar refractivity (Wildman–Crippen MR) is 88.3 cm³/mol. The lowest BCUT2D eigenvalue weighted by Gasteiger charge is -2.25. The lowest BCUT2D eigenvalue weighted by Crippen LogP contribution is -2.24. The second kappa shape index (κ2) is 5.37. The molecule has 0 saturated carbocycles. The van der Waals surface area contributed by atoms with Crippen molar-refractivity contribution in [1.29, 1.82) is 0 Å². The summed E-state index contributed by atoms with van der Waals surface area (Å²) in [6.45, 7) is 0. The average Bonchev–Trinajstić information content (AvgIpc) is 2.53. The van der Waals surface area contributed by atoms with Gasteiger partial charge >= 0.3 is 0 Å². The van der Waals surface area contributed by atoms with Crippen LogP contribution in [0.2, 0.25) is 0 Å². The fraction of sp³-hybridized carbons (Fsp3) is 0.125. The second-order valence-corrected chi connectivity index (χ2v) is 7.17. The van der Waals surface area contributed by atoms with Crippen LogP contribution in [0.25, 0.3) is 0 Å². The molecule has 0 aliphatic carbocycles. The summed E-state index contributed by atoms with van der Waals surface area (Å²) in [5, 5.41) is 5.47. The number of hydrogen-bond acceptors (Lipinski definition) is 4. The zero-order valence-electron chi connectivity index (χ0n) is 11.4. The number of thioether (sulfide) groups is 2. The Hall–Kier alpha value is -1.92. The van der Waals surface area contributed by atoms with E-state index in [1.807, 2.05) is 30.3 Å². The van der Waals surface area contributed by atoms with Gasteiger partial charge in [-0.3, -0.25) is 9.59 Å². The SMILES string of the molecule is O=C1CSc2ccc(C3Sc4cc[c]cc4NC3=O)cc2N1. The van der Waals surface area contributed by atoms with Crippen molar-refractivity contribution in [2.45, 2.75) is 15.0 Å². The van der Waals surface area contributed by atoms with Gasteiger partial charge in [-0.1, -0.05) is 12.1 Å². The van der Waals surface area contributed by atoms with Crippen LogP contribution in [0.5, 0.6) is 0 Å². The third-order valence-corrected chi connectivity index (χ3v) is 5.91. The summed E-state index contributed by atoms with van der Waals surface area (Å²) in [6, 6.07) is 14.4. The fourth-order valence-electron chi connectivity index (χ4n) is 2.48. The van der Waals surface area contributed by atoms with Crippen LogP contribution in [-0.2, 0) is 9.59 Å². The normalized spacial score (nSPS) is 19.7. The highest BCUT2D eigenvalue weighted by molar-refractivity contribution is 8.00. The number of anilines is 2. The molecule has 2 aromatic carbocycles. The van der Waals surface area contributed by atoms with E-state index in [1.54, 1.807) is 6.07 Å². The van der Waals surface area contributed by atoms with Crippen molar-refractivity contribution in [3.8, 4) is 0 Å². The molecule has 4 nitrogen and oxygen atoms in total. The van der Waals surface area contributed by atoms with Crippen LogP contribution in [0.15, 0.2) is 46.2 Å². The predicted octanol–water partition coefficient (Wildman–Crippen LogP) is 3.32. The Labute approximate surface area is 136 Å². The molecular formula is C16H11N2O2S2. The lowest BCUT2D eigenvalue weighted by atomic mass is 10.1. The molecule has 2 aromatic rings. The summed E-state index contributed by atoms with van der Waals surface area (Å²) in [5.41, 5.74) is 2.48. The standard InChI is InChI=1S/C16H11N2O2S2/c19-14-8-21-12-6-5-9(7-11(12)17-14)15-16(20)18-10-3-1-2-4-13(10)22-15/h2-7,15H,8H2,(H,17,19)(H,18,20). The van der Waals surface area contributed by atoms with Crippen LogP contribution >= 0.6 is 23.5 Å². The molecule has 2 amide bonds. The third kappa shape index (κ3) is 2.38. The first-order chi connectivity index (χ1) is 10.7. The quantitative estimate of drug-likeness (QED) is 0.844. The maximum Gasteiger partial charge on any atom is 0.242 e. The largest absolute Gasteiger partial charge is 0.324 e. The molecule has 4 rings (SSSR count). The summed E-state index contributed by atoms with van der Waals surface area (Å²) >= 11 is 3.04. The minimum atomic E-state index is -0.316. The first-order valence-electron chi connectivity index (χ1n) is 6.75. The van der Waals surface area contributed by atoms with E-state index in [2.05, 4.69) is 16.7 Å². The summed E-state index contributed by atoms with van der Waals surface area (Å²) in [4.78, 5) is 25.9. The number of nitrogens with one attached hydrogen (secondary N) is 2. The number of fused-ring (bicyclic) bond motifs is 2. The van der Waals surface area contributed by atoms with E-state index in [1.165, 1.54) is 23.5 Å². The Bertz CT molecular complexity index is 791. The van der Waals surface area contributed by atoms with Gasteiger partial charge in [-0.15, -0.1) is 23.5 Å². The van der Waals surface area contributed by atoms with Gasteiger partial charge in [-0.05, 0) is 35.9 Å². The van der Waals surface area contributed by atoms with Gasteiger partial charge in [-0.2, -0.15) is 0 Å². The van der Waals surface area contributed by atoms with Gasteiger partial charge in [-0.25, -0.2) is 0 Å². The summed E-state index contributed by atoms with van der Waals surface area (Å²) in [6.07, 6.45) is 0. The Morgan fingerprint density at radius 1 is 1.09 bits per heavy atom. The van der Waals surface area contributed by atoms with E-state index in [0.29, 0.717) is 5.75 Å². The van der Waals surface area contributed by atoms with Gasteiger partial charge < -0.3 is 10.6 Å². The van der Waals surface area contributed by atoms with E-state index in [-0.39, 0.29) is 17.1 Å². The van der Waals surface area contributed by atoms with Gasteiger partial charge in [0.25, 0.3) is 0 Å². The zero-order valence-corrected chi connectivity index (χ0v) is 13.0. The Morgan fingerprint density at radius 3 is 2.91 bits per heavy atom. The van der Waals surface area contributed by atoms with Gasteiger partial charge in [0.05, 0.1) is 17.1 Å². The van der Waals surface area contributed by atoms with Crippen LogP contribution in [0.1, 0.15) is 10.8 Å². The molecule has 1 atom stereocenters. The number of carbonyl (C=O) groups is 2. The number of rotatable bonds is 1. The van der Waals surface area contributed by atoms with Gasteiger partial charge in [0, 0.05) is 9.79 Å². The van der Waals surface area contributed by atoms with Crippen LogP contribution in [0.3, 0.4) is 0 Å². The number of carbonyl (C=O) groups excluding carboxylic acids is 2. The molecule has 109 valence electrons. The highest BCUT2D eigenvalue weighted by Gasteiger charge is 2.29. The molecule has 1 radical (unpaired) electrons. The number of benzene rings is 2. The average molecular weight is 327 g/mol. The molecule has 1 unspecified atom stereocenters. The second-order valence-electron chi connectivity index (χ2n) is 5.00. The van der Waals surface area contributed by atoms with E-state index >= 15 is 0 Å². The minimum Gasteiger partial charge on any atom is -0.324 e. The fourth-order valence-corrected chi connectivity index (χ4v) is 4.35. The molecule has 2 aliphatic rings. The first-order valence-corrected chi connectivity index (χ1v) is 8.61.